The highest BCUT2D eigenvalue weighted by Crippen LogP contribution is 2.35. The van der Waals surface area contributed by atoms with Crippen molar-refractivity contribution in [1.29, 1.82) is 0 Å². The predicted octanol–water partition coefficient (Wildman–Crippen LogP) is 5.74. The number of carbonyl (C=O) groups is 1. The maximum absolute atomic E-state index is 12.7. The van der Waals surface area contributed by atoms with E-state index in [2.05, 4.69) is 4.98 Å². The number of oxazole rings is 1. The van der Waals surface area contributed by atoms with Crippen LogP contribution in [0.3, 0.4) is 0 Å². The summed E-state index contributed by atoms with van der Waals surface area (Å²) in [6, 6.07) is 13.0. The Morgan fingerprint density at radius 2 is 1.94 bits per heavy atom. The van der Waals surface area contributed by atoms with Gasteiger partial charge in [0.05, 0.1) is 31.6 Å². The Morgan fingerprint density at radius 1 is 1.09 bits per heavy atom. The molecule has 1 heterocycles. The number of hydrogen-bond donors (Lipinski definition) is 0. The first-order valence-corrected chi connectivity index (χ1v) is 11.2. The van der Waals surface area contributed by atoms with Gasteiger partial charge in [-0.05, 0) is 49.6 Å². The largest absolute Gasteiger partial charge is 0.493 e. The summed E-state index contributed by atoms with van der Waals surface area (Å²) >= 11 is 0. The van der Waals surface area contributed by atoms with Crippen LogP contribution in [-0.4, -0.2) is 31.1 Å². The van der Waals surface area contributed by atoms with Gasteiger partial charge in [-0.15, -0.1) is 0 Å². The monoisotopic (exact) mass is 435 g/mol. The number of aromatic nitrogens is 1. The maximum atomic E-state index is 12.7. The molecule has 0 aliphatic heterocycles. The molecule has 1 fully saturated rings. The molecule has 2 aromatic carbocycles. The molecular formula is C26H29NO5. The van der Waals surface area contributed by atoms with E-state index in [1.54, 1.807) is 19.4 Å². The van der Waals surface area contributed by atoms with Gasteiger partial charge in [-0.1, -0.05) is 25.0 Å². The van der Waals surface area contributed by atoms with Gasteiger partial charge in [-0.2, -0.15) is 0 Å². The van der Waals surface area contributed by atoms with Crippen LogP contribution in [-0.2, 0) is 6.42 Å². The van der Waals surface area contributed by atoms with Crippen LogP contribution < -0.4 is 14.2 Å². The third-order valence-electron chi connectivity index (χ3n) is 5.54. The first-order chi connectivity index (χ1) is 15.7. The Hall–Kier alpha value is -3.28. The Labute approximate surface area is 188 Å². The molecule has 0 unspecified atom stereocenters. The highest BCUT2D eigenvalue weighted by Gasteiger charge is 2.21. The zero-order valence-electron chi connectivity index (χ0n) is 18.6. The first kappa shape index (κ1) is 21.9. The van der Waals surface area contributed by atoms with Crippen LogP contribution in [0.4, 0.5) is 0 Å². The van der Waals surface area contributed by atoms with E-state index < -0.39 is 0 Å². The van der Waals surface area contributed by atoms with Crippen LogP contribution in [0.5, 0.6) is 17.2 Å². The minimum Gasteiger partial charge on any atom is -0.493 e. The minimum absolute atomic E-state index is 0.0226. The fourth-order valence-corrected chi connectivity index (χ4v) is 3.57. The van der Waals surface area contributed by atoms with Crippen molar-refractivity contribution < 1.29 is 23.4 Å². The van der Waals surface area contributed by atoms with Crippen LogP contribution in [0.25, 0.3) is 11.5 Å². The number of methoxy groups -OCH3 is 1. The molecule has 3 aromatic rings. The highest BCUT2D eigenvalue weighted by atomic mass is 16.5. The van der Waals surface area contributed by atoms with Crippen LogP contribution in [0, 0.1) is 5.92 Å². The number of rotatable bonds is 12. The molecule has 168 valence electrons. The highest BCUT2D eigenvalue weighted by molar-refractivity contribution is 5.98. The zero-order chi connectivity index (χ0) is 22.3. The second-order valence-electron chi connectivity index (χ2n) is 7.94. The van der Waals surface area contributed by atoms with E-state index in [0.29, 0.717) is 54.8 Å². The van der Waals surface area contributed by atoms with Crippen molar-refractivity contribution in [2.24, 2.45) is 5.92 Å². The van der Waals surface area contributed by atoms with Gasteiger partial charge in [-0.3, -0.25) is 4.79 Å². The van der Waals surface area contributed by atoms with Crippen molar-refractivity contribution in [1.82, 2.24) is 4.98 Å². The fraction of sp³-hybridized carbons (Fsp3) is 0.385. The SMILES string of the molecule is CCOc1ccccc1C(=O)CCc1coc(-c2ccc(OC)c(OCCC3CC3)c2)n1. The minimum atomic E-state index is 0.0226. The molecule has 32 heavy (non-hydrogen) atoms. The van der Waals surface area contributed by atoms with Gasteiger partial charge in [0.15, 0.2) is 17.3 Å². The molecule has 0 N–H and O–H groups in total. The van der Waals surface area contributed by atoms with Gasteiger partial charge >= 0.3 is 0 Å². The lowest BCUT2D eigenvalue weighted by Crippen LogP contribution is -2.05. The molecule has 6 nitrogen and oxygen atoms in total. The van der Waals surface area contributed by atoms with Crippen molar-refractivity contribution in [3.63, 3.8) is 0 Å². The summed E-state index contributed by atoms with van der Waals surface area (Å²) in [7, 11) is 1.63. The maximum Gasteiger partial charge on any atom is 0.226 e. The number of Topliss-reactive ketones (excluding diaryl/α,β-unsaturated/α-hetero) is 1. The van der Waals surface area contributed by atoms with Crippen molar-refractivity contribution in [3.05, 3.63) is 60.0 Å². The van der Waals surface area contributed by atoms with Crippen molar-refractivity contribution >= 4 is 5.78 Å². The molecule has 1 saturated carbocycles. The number of benzene rings is 2. The summed E-state index contributed by atoms with van der Waals surface area (Å²) in [5, 5.41) is 0. The van der Waals surface area contributed by atoms with E-state index in [1.807, 2.05) is 43.3 Å². The molecule has 1 aromatic heterocycles. The van der Waals surface area contributed by atoms with Gasteiger partial charge in [0.25, 0.3) is 0 Å². The number of aryl methyl sites for hydroxylation is 1. The van der Waals surface area contributed by atoms with Crippen molar-refractivity contribution in [3.8, 4) is 28.7 Å². The van der Waals surface area contributed by atoms with E-state index in [4.69, 9.17) is 18.6 Å². The third-order valence-corrected chi connectivity index (χ3v) is 5.54. The van der Waals surface area contributed by atoms with Crippen LogP contribution in [0.15, 0.2) is 53.1 Å². The second-order valence-corrected chi connectivity index (χ2v) is 7.94. The molecule has 0 spiro atoms. The van der Waals surface area contributed by atoms with Crippen LogP contribution >= 0.6 is 0 Å². The van der Waals surface area contributed by atoms with Gasteiger partial charge < -0.3 is 18.6 Å². The number of nitrogens with zero attached hydrogens (tertiary/aromatic N) is 1. The summed E-state index contributed by atoms with van der Waals surface area (Å²) in [6.07, 6.45) is 6.10. The smallest absolute Gasteiger partial charge is 0.226 e. The van der Waals surface area contributed by atoms with Gasteiger partial charge in [-0.25, -0.2) is 4.98 Å². The van der Waals surface area contributed by atoms with Gasteiger partial charge in [0.1, 0.15) is 12.0 Å². The quantitative estimate of drug-likeness (QED) is 0.338. The molecule has 0 bridgehead atoms. The number of para-hydroxylation sites is 1. The molecule has 0 atom stereocenters. The topological polar surface area (TPSA) is 70.8 Å². The molecule has 0 saturated heterocycles. The average Bonchev–Trinajstić information content (AvgIpc) is 3.52. The number of ether oxygens (including phenoxy) is 3. The summed E-state index contributed by atoms with van der Waals surface area (Å²) in [6.45, 7) is 3.10. The molecule has 6 heteroatoms. The van der Waals surface area contributed by atoms with Gasteiger partial charge in [0.2, 0.25) is 5.89 Å². The lowest BCUT2D eigenvalue weighted by molar-refractivity contribution is 0.0979. The van der Waals surface area contributed by atoms with Crippen LogP contribution in [0.2, 0.25) is 0 Å². The van der Waals surface area contributed by atoms with Crippen molar-refractivity contribution in [2.75, 3.05) is 20.3 Å². The Morgan fingerprint density at radius 3 is 2.72 bits per heavy atom. The molecule has 4 rings (SSSR count). The van der Waals surface area contributed by atoms with E-state index in [9.17, 15) is 4.79 Å². The number of carbonyl (C=O) groups excluding carboxylic acids is 1. The summed E-state index contributed by atoms with van der Waals surface area (Å²) in [4.78, 5) is 17.3. The molecular weight excluding hydrogens is 406 g/mol. The number of hydrogen-bond acceptors (Lipinski definition) is 6. The predicted molar refractivity (Wildman–Crippen MR) is 122 cm³/mol. The molecule has 1 aliphatic rings. The average molecular weight is 436 g/mol. The summed E-state index contributed by atoms with van der Waals surface area (Å²) in [5.41, 5.74) is 2.14. The van der Waals surface area contributed by atoms with E-state index in [0.717, 1.165) is 23.6 Å². The molecule has 0 radical (unpaired) electrons. The standard InChI is InChI=1S/C26H29NO5/c1-3-30-23-7-5-4-6-21(23)22(28)12-11-20-17-32-26(27-20)19-10-13-24(29-2)25(16-19)31-15-14-18-8-9-18/h4-7,10,13,16-18H,3,8-9,11-12,14-15H2,1-2H3. The number of ketones is 1. The lowest BCUT2D eigenvalue weighted by atomic mass is 10.0. The molecule has 1 aliphatic carbocycles. The second kappa shape index (κ2) is 10.4. The Kier molecular flexibility index (Phi) is 7.10. The fourth-order valence-electron chi connectivity index (χ4n) is 3.57. The van der Waals surface area contributed by atoms with Crippen LogP contribution in [0.1, 0.15) is 48.7 Å². The van der Waals surface area contributed by atoms with E-state index >= 15 is 0 Å². The van der Waals surface area contributed by atoms with E-state index in [1.165, 1.54) is 12.8 Å². The lowest BCUT2D eigenvalue weighted by Gasteiger charge is -2.11. The Balaban J connectivity index is 1.40. The zero-order valence-corrected chi connectivity index (χ0v) is 18.6. The molecule has 0 amide bonds. The Bertz CT molecular complexity index is 1050. The third kappa shape index (κ3) is 5.49. The van der Waals surface area contributed by atoms with E-state index in [-0.39, 0.29) is 5.78 Å². The summed E-state index contributed by atoms with van der Waals surface area (Å²) < 4.78 is 22.6. The first-order valence-electron chi connectivity index (χ1n) is 11.2. The van der Waals surface area contributed by atoms with Crippen molar-refractivity contribution in [2.45, 2.75) is 39.0 Å². The normalized spacial score (nSPS) is 13.1. The van der Waals surface area contributed by atoms with Gasteiger partial charge in [0, 0.05) is 18.4 Å². The summed E-state index contributed by atoms with van der Waals surface area (Å²) in [5.74, 6) is 3.32.